The molecule has 0 aliphatic rings. The second-order valence-corrected chi connectivity index (χ2v) is 6.20. The van der Waals surface area contributed by atoms with Gasteiger partial charge >= 0.3 is 18.0 Å². The number of hydrogen-bond donors (Lipinski definition) is 1. The van der Waals surface area contributed by atoms with E-state index in [0.29, 0.717) is 0 Å². The number of nitrogens with zero attached hydrogens (tertiary/aromatic N) is 3. The lowest BCUT2D eigenvalue weighted by Gasteiger charge is -2.21. The molecule has 0 aromatic heterocycles. The maximum Gasteiger partial charge on any atom is 0.408 e. The smallest absolute Gasteiger partial charge is 0.408 e. The molecule has 1 amide bonds. The molecular formula is C13H21F3N4O7. The van der Waals surface area contributed by atoms with Crippen LogP contribution < -0.4 is 5.32 Å². The van der Waals surface area contributed by atoms with Crippen molar-refractivity contribution in [1.29, 1.82) is 0 Å². The molecule has 1 unspecified atom stereocenters. The van der Waals surface area contributed by atoms with Crippen molar-refractivity contribution in [3.63, 3.8) is 0 Å². The minimum atomic E-state index is -3.31. The lowest BCUT2D eigenvalue weighted by molar-refractivity contribution is -0.549. The van der Waals surface area contributed by atoms with Gasteiger partial charge in [-0.05, 0) is 52.7 Å². The number of halogens is 3. The van der Waals surface area contributed by atoms with E-state index in [9.17, 15) is 23.2 Å². The average molecular weight is 402 g/mol. The van der Waals surface area contributed by atoms with Crippen LogP contribution in [0.3, 0.4) is 0 Å². The van der Waals surface area contributed by atoms with Crippen LogP contribution in [0, 0.1) is 0 Å². The fourth-order valence-electron chi connectivity index (χ4n) is 1.71. The van der Waals surface area contributed by atoms with Crippen LogP contribution in [0.4, 0.5) is 18.4 Å². The van der Waals surface area contributed by atoms with E-state index in [4.69, 9.17) is 15.0 Å². The van der Waals surface area contributed by atoms with E-state index < -0.39 is 42.6 Å². The first-order valence-corrected chi connectivity index (χ1v) is 7.67. The molecule has 0 aromatic rings. The Bertz CT molecular complexity index is 514. The predicted molar refractivity (Wildman–Crippen MR) is 81.3 cm³/mol. The minimum Gasteiger partial charge on any atom is -0.464 e. The summed E-state index contributed by atoms with van der Waals surface area (Å²) >= 11 is 0. The highest BCUT2D eigenvalue weighted by Crippen LogP contribution is 2.26. The van der Waals surface area contributed by atoms with Crippen LogP contribution >= 0.6 is 0 Å². The van der Waals surface area contributed by atoms with Gasteiger partial charge in [0.2, 0.25) is 0 Å². The summed E-state index contributed by atoms with van der Waals surface area (Å²) in [6.45, 7) is 4.32. The molecule has 0 aliphatic heterocycles. The average Bonchev–Trinajstić information content (AvgIpc) is 2.60. The summed E-state index contributed by atoms with van der Waals surface area (Å²) in [5, 5.41) is 5.38. The Balaban J connectivity index is 4.25. The Morgan fingerprint density at radius 3 is 2.26 bits per heavy atom. The Morgan fingerprint density at radius 2 is 1.78 bits per heavy atom. The summed E-state index contributed by atoms with van der Waals surface area (Å²) in [4.78, 5) is 34.1. The zero-order valence-corrected chi connectivity index (χ0v) is 14.9. The molecule has 156 valence electrons. The van der Waals surface area contributed by atoms with E-state index in [0.717, 1.165) is 0 Å². The van der Waals surface area contributed by atoms with E-state index in [1.807, 2.05) is 0 Å². The third kappa shape index (κ3) is 11.1. The predicted octanol–water partition coefficient (Wildman–Crippen LogP) is 3.26. The number of azide groups is 1. The van der Waals surface area contributed by atoms with Crippen molar-refractivity contribution in [3.8, 4) is 0 Å². The number of esters is 1. The van der Waals surface area contributed by atoms with Gasteiger partial charge in [-0.25, -0.2) is 4.79 Å². The molecule has 0 radical (unpaired) electrons. The fourth-order valence-corrected chi connectivity index (χ4v) is 1.71. The van der Waals surface area contributed by atoms with Crippen molar-refractivity contribution in [2.24, 2.45) is 5.11 Å². The third-order valence-electron chi connectivity index (χ3n) is 2.77. The van der Waals surface area contributed by atoms with Crippen molar-refractivity contribution < 1.29 is 47.5 Å². The highest BCUT2D eigenvalue weighted by molar-refractivity contribution is 5.77. The Hall–Kier alpha value is -2.28. The van der Waals surface area contributed by atoms with Gasteiger partial charge in [-0.15, -0.1) is 14.8 Å². The standard InChI is InChI=1S/C13H21F3N4O7/c1-12(2,3)24-11(22)18-8-10(21)23-6-4-5-9(19-20-17)7-13(25-14,26-15)27-16/h9H,4-8H2,1-3H3,(H,18,22). The van der Waals surface area contributed by atoms with Crippen molar-refractivity contribution in [2.45, 2.75) is 57.6 Å². The van der Waals surface area contributed by atoms with E-state index in [-0.39, 0.29) is 19.4 Å². The first-order chi connectivity index (χ1) is 12.6. The third-order valence-corrected chi connectivity index (χ3v) is 2.77. The van der Waals surface area contributed by atoms with Crippen LogP contribution in [0.1, 0.15) is 40.0 Å². The second-order valence-electron chi connectivity index (χ2n) is 6.20. The molecule has 0 fully saturated rings. The number of carbonyl (C=O) groups excluding carboxylic acids is 2. The zero-order chi connectivity index (χ0) is 20.9. The molecule has 0 aromatic carbocycles. The van der Waals surface area contributed by atoms with E-state index >= 15 is 0 Å². The molecule has 0 spiro atoms. The molecule has 0 rings (SSSR count). The van der Waals surface area contributed by atoms with Crippen LogP contribution in [0.5, 0.6) is 0 Å². The van der Waals surface area contributed by atoms with Gasteiger partial charge in [-0.1, -0.05) is 5.11 Å². The van der Waals surface area contributed by atoms with E-state index in [1.54, 1.807) is 20.8 Å². The molecule has 27 heavy (non-hydrogen) atoms. The quantitative estimate of drug-likeness (QED) is 0.132. The van der Waals surface area contributed by atoms with Crippen LogP contribution in [0.15, 0.2) is 5.11 Å². The maximum atomic E-state index is 12.2. The lowest BCUT2D eigenvalue weighted by Crippen LogP contribution is -2.36. The Morgan fingerprint density at radius 1 is 1.19 bits per heavy atom. The van der Waals surface area contributed by atoms with Gasteiger partial charge in [0.05, 0.1) is 6.61 Å². The molecular weight excluding hydrogens is 381 g/mol. The SMILES string of the molecule is CC(C)(C)OC(=O)NCC(=O)OCCCC(CC(OF)(OF)OF)N=[N+]=[N-]. The highest BCUT2D eigenvalue weighted by Gasteiger charge is 2.41. The Labute approximate surface area is 152 Å². The zero-order valence-electron chi connectivity index (χ0n) is 14.9. The molecule has 11 nitrogen and oxygen atoms in total. The number of hydrogen-bond acceptors (Lipinski definition) is 8. The van der Waals surface area contributed by atoms with Gasteiger partial charge < -0.3 is 14.8 Å². The number of nitrogens with one attached hydrogen (secondary N) is 1. The monoisotopic (exact) mass is 402 g/mol. The van der Waals surface area contributed by atoms with Crippen LogP contribution in [0.25, 0.3) is 10.4 Å². The van der Waals surface area contributed by atoms with E-state index in [2.05, 4.69) is 30.2 Å². The molecule has 0 saturated heterocycles. The minimum absolute atomic E-state index is 0.0722. The molecule has 14 heteroatoms. The summed E-state index contributed by atoms with van der Waals surface area (Å²) in [6, 6.07) is -1.20. The van der Waals surface area contributed by atoms with E-state index in [1.165, 1.54) is 0 Å². The van der Waals surface area contributed by atoms with Gasteiger partial charge in [0.1, 0.15) is 12.1 Å². The molecule has 0 bridgehead atoms. The van der Waals surface area contributed by atoms with Crippen molar-refractivity contribution in [2.75, 3.05) is 13.2 Å². The van der Waals surface area contributed by atoms with Crippen LogP contribution in [-0.2, 0) is 29.1 Å². The number of amides is 1. The first-order valence-electron chi connectivity index (χ1n) is 7.67. The van der Waals surface area contributed by atoms with Gasteiger partial charge in [-0.2, -0.15) is 0 Å². The second kappa shape index (κ2) is 12.2. The number of ether oxygens (including phenoxy) is 2. The van der Waals surface area contributed by atoms with Gasteiger partial charge in [-0.3, -0.25) is 4.79 Å². The van der Waals surface area contributed by atoms with Crippen molar-refractivity contribution >= 4 is 12.1 Å². The lowest BCUT2D eigenvalue weighted by atomic mass is 10.1. The summed E-state index contributed by atoms with van der Waals surface area (Å²) in [5.41, 5.74) is 7.69. The summed E-state index contributed by atoms with van der Waals surface area (Å²) in [7, 11) is 0. The molecule has 1 atom stereocenters. The normalized spacial score (nSPS) is 12.7. The molecule has 1 N–H and O–H groups in total. The number of alkyl carbamates (subject to hydrolysis) is 1. The van der Waals surface area contributed by atoms with Crippen molar-refractivity contribution in [1.82, 2.24) is 5.32 Å². The van der Waals surface area contributed by atoms with Crippen LogP contribution in [0.2, 0.25) is 0 Å². The highest BCUT2D eigenvalue weighted by atomic mass is 19.3. The van der Waals surface area contributed by atoms with Gasteiger partial charge in [0.25, 0.3) is 0 Å². The molecule has 0 heterocycles. The number of rotatable bonds is 12. The largest absolute Gasteiger partial charge is 0.464 e. The van der Waals surface area contributed by atoms with Gasteiger partial charge in [0.15, 0.2) is 0 Å². The molecule has 0 aliphatic carbocycles. The van der Waals surface area contributed by atoms with Crippen LogP contribution in [-0.4, -0.2) is 42.8 Å². The van der Waals surface area contributed by atoms with Gasteiger partial charge in [0, 0.05) is 17.4 Å². The first kappa shape index (κ1) is 24.7. The summed E-state index contributed by atoms with van der Waals surface area (Å²) < 4.78 is 46.3. The number of carbonyl (C=O) groups is 2. The summed E-state index contributed by atoms with van der Waals surface area (Å²) in [5.74, 6) is -4.09. The topological polar surface area (TPSA) is 141 Å². The maximum absolute atomic E-state index is 12.2. The van der Waals surface area contributed by atoms with Crippen molar-refractivity contribution in [3.05, 3.63) is 10.4 Å². The molecule has 0 saturated carbocycles. The fraction of sp³-hybridized carbons (Fsp3) is 0.846. The summed E-state index contributed by atoms with van der Waals surface area (Å²) in [6.07, 6.45) is -1.76. The Kier molecular flexibility index (Phi) is 11.1.